The normalized spacial score (nSPS) is 10.4. The zero-order valence-electron chi connectivity index (χ0n) is 10.6. The molecule has 0 atom stereocenters. The van der Waals surface area contributed by atoms with Gasteiger partial charge in [-0.3, -0.25) is 0 Å². The molecule has 0 saturated heterocycles. The van der Waals surface area contributed by atoms with Crippen LogP contribution >= 0.6 is 0 Å². The van der Waals surface area contributed by atoms with Crippen molar-refractivity contribution in [2.45, 2.75) is 20.8 Å². The van der Waals surface area contributed by atoms with Gasteiger partial charge in [0.2, 0.25) is 0 Å². The molecular formula is C16H17O. The summed E-state index contributed by atoms with van der Waals surface area (Å²) in [7, 11) is 0. The Morgan fingerprint density at radius 1 is 0.882 bits per heavy atom. The van der Waals surface area contributed by atoms with Gasteiger partial charge in [0.05, 0.1) is 0 Å². The summed E-state index contributed by atoms with van der Waals surface area (Å²) in [6.07, 6.45) is 0. The Morgan fingerprint density at radius 2 is 1.59 bits per heavy atom. The Hall–Kier alpha value is -1.76. The molecule has 0 spiro atoms. The van der Waals surface area contributed by atoms with Crippen LogP contribution in [0.4, 0.5) is 0 Å². The first-order valence-electron chi connectivity index (χ1n) is 5.74. The molecule has 0 fully saturated rings. The molecule has 0 aliphatic rings. The molecule has 0 N–H and O–H groups in total. The van der Waals surface area contributed by atoms with Crippen LogP contribution in [-0.2, 0) is 0 Å². The average molecular weight is 225 g/mol. The number of aryl methyl sites for hydroxylation is 3. The van der Waals surface area contributed by atoms with Crippen molar-refractivity contribution in [3.63, 3.8) is 0 Å². The van der Waals surface area contributed by atoms with E-state index in [0.29, 0.717) is 0 Å². The third-order valence-corrected chi connectivity index (χ3v) is 2.92. The van der Waals surface area contributed by atoms with Crippen molar-refractivity contribution in [1.29, 1.82) is 0 Å². The Balaban J connectivity index is 2.33. The minimum Gasteiger partial charge on any atom is -0.457 e. The zero-order chi connectivity index (χ0) is 12.4. The molecule has 1 heteroatoms. The SMILES string of the molecule is [CH2]c1cccc(Oc2cc(C)c(C)cc2C)c1. The maximum Gasteiger partial charge on any atom is 0.130 e. The lowest BCUT2D eigenvalue weighted by Crippen LogP contribution is -1.91. The van der Waals surface area contributed by atoms with Crippen LogP contribution in [0.15, 0.2) is 36.4 Å². The maximum atomic E-state index is 5.89. The molecule has 0 aromatic heterocycles. The van der Waals surface area contributed by atoms with Crippen molar-refractivity contribution in [3.8, 4) is 11.5 Å². The summed E-state index contributed by atoms with van der Waals surface area (Å²) in [5.74, 6) is 1.75. The summed E-state index contributed by atoms with van der Waals surface area (Å²) in [5.41, 5.74) is 4.66. The molecule has 0 unspecified atom stereocenters. The predicted octanol–water partition coefficient (Wildman–Crippen LogP) is 4.59. The van der Waals surface area contributed by atoms with Gasteiger partial charge in [0, 0.05) is 0 Å². The highest BCUT2D eigenvalue weighted by Crippen LogP contribution is 2.27. The van der Waals surface area contributed by atoms with E-state index in [1.807, 2.05) is 24.3 Å². The van der Waals surface area contributed by atoms with Crippen LogP contribution in [0.1, 0.15) is 22.3 Å². The molecule has 0 saturated carbocycles. The molecule has 87 valence electrons. The summed E-state index contributed by atoms with van der Waals surface area (Å²) >= 11 is 0. The lowest BCUT2D eigenvalue weighted by Gasteiger charge is -2.11. The van der Waals surface area contributed by atoms with Crippen molar-refractivity contribution in [3.05, 3.63) is 65.6 Å². The van der Waals surface area contributed by atoms with Crippen LogP contribution in [0.25, 0.3) is 0 Å². The smallest absolute Gasteiger partial charge is 0.130 e. The zero-order valence-corrected chi connectivity index (χ0v) is 10.6. The van der Waals surface area contributed by atoms with Gasteiger partial charge < -0.3 is 4.74 Å². The van der Waals surface area contributed by atoms with Gasteiger partial charge in [-0.2, -0.15) is 0 Å². The first-order chi connectivity index (χ1) is 8.06. The van der Waals surface area contributed by atoms with E-state index in [1.165, 1.54) is 11.1 Å². The number of benzene rings is 2. The first-order valence-corrected chi connectivity index (χ1v) is 5.74. The van der Waals surface area contributed by atoms with Crippen LogP contribution in [0.3, 0.4) is 0 Å². The molecule has 0 bridgehead atoms. The van der Waals surface area contributed by atoms with Crippen molar-refractivity contribution in [2.75, 3.05) is 0 Å². The molecular weight excluding hydrogens is 208 g/mol. The van der Waals surface area contributed by atoms with Crippen molar-refractivity contribution < 1.29 is 4.74 Å². The second-order valence-corrected chi connectivity index (χ2v) is 4.45. The fourth-order valence-corrected chi connectivity index (χ4v) is 1.78. The van der Waals surface area contributed by atoms with Gasteiger partial charge in [-0.1, -0.05) is 18.2 Å². The first kappa shape index (κ1) is 11.7. The summed E-state index contributed by atoms with van der Waals surface area (Å²) in [4.78, 5) is 0. The summed E-state index contributed by atoms with van der Waals surface area (Å²) in [5, 5.41) is 0. The topological polar surface area (TPSA) is 9.23 Å². The second kappa shape index (κ2) is 4.62. The molecule has 0 aliphatic heterocycles. The van der Waals surface area contributed by atoms with Crippen LogP contribution in [0, 0.1) is 27.7 Å². The van der Waals surface area contributed by atoms with E-state index in [9.17, 15) is 0 Å². The molecule has 2 rings (SSSR count). The minimum absolute atomic E-state index is 0.837. The predicted molar refractivity (Wildman–Crippen MR) is 71.6 cm³/mol. The van der Waals surface area contributed by atoms with E-state index in [2.05, 4.69) is 39.8 Å². The molecule has 1 nitrogen and oxygen atoms in total. The second-order valence-electron chi connectivity index (χ2n) is 4.45. The van der Waals surface area contributed by atoms with E-state index in [1.54, 1.807) is 0 Å². The van der Waals surface area contributed by atoms with Crippen molar-refractivity contribution in [1.82, 2.24) is 0 Å². The van der Waals surface area contributed by atoms with Crippen molar-refractivity contribution >= 4 is 0 Å². The minimum atomic E-state index is 0.837. The number of hydrogen-bond acceptors (Lipinski definition) is 1. The van der Waals surface area contributed by atoms with Crippen LogP contribution in [0.2, 0.25) is 0 Å². The molecule has 2 aromatic rings. The lowest BCUT2D eigenvalue weighted by atomic mass is 10.1. The third-order valence-electron chi connectivity index (χ3n) is 2.92. The Bertz CT molecular complexity index is 541. The number of rotatable bonds is 2. The van der Waals surface area contributed by atoms with Gasteiger partial charge in [-0.15, -0.1) is 0 Å². The Labute approximate surface area is 103 Å². The quantitative estimate of drug-likeness (QED) is 0.726. The molecule has 2 aromatic carbocycles. The summed E-state index contributed by atoms with van der Waals surface area (Å²) in [6.45, 7) is 10.2. The van der Waals surface area contributed by atoms with Gasteiger partial charge in [0.15, 0.2) is 0 Å². The summed E-state index contributed by atoms with van der Waals surface area (Å²) in [6, 6.07) is 12.0. The third kappa shape index (κ3) is 2.68. The van der Waals surface area contributed by atoms with Gasteiger partial charge >= 0.3 is 0 Å². The van der Waals surface area contributed by atoms with Gasteiger partial charge in [0.25, 0.3) is 0 Å². The molecule has 0 heterocycles. The summed E-state index contributed by atoms with van der Waals surface area (Å²) < 4.78 is 5.89. The highest BCUT2D eigenvalue weighted by atomic mass is 16.5. The Morgan fingerprint density at radius 3 is 2.29 bits per heavy atom. The fourth-order valence-electron chi connectivity index (χ4n) is 1.78. The van der Waals surface area contributed by atoms with E-state index in [4.69, 9.17) is 4.74 Å². The highest BCUT2D eigenvalue weighted by Gasteiger charge is 2.04. The number of ether oxygens (including phenoxy) is 1. The largest absolute Gasteiger partial charge is 0.457 e. The van der Waals surface area contributed by atoms with Crippen molar-refractivity contribution in [2.24, 2.45) is 0 Å². The van der Waals surface area contributed by atoms with Gasteiger partial charge in [0.1, 0.15) is 11.5 Å². The maximum absolute atomic E-state index is 5.89. The molecule has 1 radical (unpaired) electrons. The highest BCUT2D eigenvalue weighted by molar-refractivity contribution is 5.44. The lowest BCUT2D eigenvalue weighted by molar-refractivity contribution is 0.478. The van der Waals surface area contributed by atoms with E-state index in [0.717, 1.165) is 22.6 Å². The average Bonchev–Trinajstić information content (AvgIpc) is 2.26. The Kier molecular flexibility index (Phi) is 3.19. The fraction of sp³-hybridized carbons (Fsp3) is 0.188. The molecule has 0 amide bonds. The monoisotopic (exact) mass is 225 g/mol. The van der Waals surface area contributed by atoms with Crippen LogP contribution in [-0.4, -0.2) is 0 Å². The molecule has 0 aliphatic carbocycles. The number of hydrogen-bond donors (Lipinski definition) is 0. The van der Waals surface area contributed by atoms with Crippen LogP contribution in [0.5, 0.6) is 11.5 Å². The van der Waals surface area contributed by atoms with E-state index < -0.39 is 0 Å². The van der Waals surface area contributed by atoms with E-state index in [-0.39, 0.29) is 0 Å². The standard InChI is InChI=1S/C16H17O/c1-11-6-5-7-15(8-11)17-16-10-13(3)12(2)9-14(16)4/h5-10H,1H2,2-4H3. The van der Waals surface area contributed by atoms with E-state index >= 15 is 0 Å². The van der Waals surface area contributed by atoms with Gasteiger partial charge in [-0.05, 0) is 68.1 Å². The molecule has 17 heavy (non-hydrogen) atoms. The van der Waals surface area contributed by atoms with Crippen LogP contribution < -0.4 is 4.74 Å². The van der Waals surface area contributed by atoms with Gasteiger partial charge in [-0.25, -0.2) is 0 Å².